The zero-order chi connectivity index (χ0) is 27.2. The van der Waals surface area contributed by atoms with Crippen molar-refractivity contribution in [1.82, 2.24) is 10.2 Å². The Balaban J connectivity index is 1.56. The molecule has 1 aliphatic heterocycles. The molecule has 4 aromatic carbocycles. The Hall–Kier alpha value is -4.68. The van der Waals surface area contributed by atoms with Crippen LogP contribution in [0.5, 0.6) is 0 Å². The highest BCUT2D eigenvalue weighted by atomic mass is 16.2. The molecule has 0 saturated carbocycles. The molecular weight excluding hydrogens is 484 g/mol. The van der Waals surface area contributed by atoms with E-state index in [0.717, 1.165) is 23.4 Å². The molecule has 4 aromatic rings. The number of carbonyl (C=O) groups excluding carboxylic acids is 2. The Morgan fingerprint density at radius 1 is 0.795 bits per heavy atom. The molecule has 0 bridgehead atoms. The third-order valence-corrected chi connectivity index (χ3v) is 6.61. The largest absolute Gasteiger partial charge is 0.352 e. The number of para-hydroxylation sites is 1. The highest BCUT2D eigenvalue weighted by Crippen LogP contribution is 2.40. The second-order valence-corrected chi connectivity index (χ2v) is 9.78. The van der Waals surface area contributed by atoms with Crippen LogP contribution in [-0.4, -0.2) is 44.0 Å². The summed E-state index contributed by atoms with van der Waals surface area (Å²) < 4.78 is 0. The number of fused-ring (bicyclic) bond motifs is 1. The van der Waals surface area contributed by atoms with Gasteiger partial charge in [0.15, 0.2) is 0 Å². The fourth-order valence-corrected chi connectivity index (χ4v) is 4.81. The number of benzene rings is 4. The van der Waals surface area contributed by atoms with E-state index in [0.29, 0.717) is 35.6 Å². The average molecular weight is 517 g/mol. The molecule has 196 valence electrons. The summed E-state index contributed by atoms with van der Waals surface area (Å²) in [6.07, 6.45) is 0.747. The number of hydrogen-bond acceptors (Lipinski definition) is 4. The van der Waals surface area contributed by atoms with Crippen molar-refractivity contribution in [2.45, 2.75) is 6.42 Å². The van der Waals surface area contributed by atoms with Crippen LogP contribution in [0.1, 0.15) is 27.0 Å². The number of nitrogens with zero attached hydrogens (tertiary/aromatic N) is 2. The SMILES string of the molecule is CN(C)CN(/C(=C1\C(=O)Nc2ccc(C(=O)NCCc3ccccc3)cc21)c1ccccc1)c1ccccc1. The molecule has 0 aromatic heterocycles. The van der Waals surface area contributed by atoms with Crippen molar-refractivity contribution in [3.8, 4) is 0 Å². The molecule has 6 nitrogen and oxygen atoms in total. The Labute approximate surface area is 229 Å². The van der Waals surface area contributed by atoms with Crippen LogP contribution in [0.25, 0.3) is 11.3 Å². The molecular formula is C33H32N4O2. The van der Waals surface area contributed by atoms with Crippen LogP contribution in [0.2, 0.25) is 0 Å². The fraction of sp³-hybridized carbons (Fsp3) is 0.152. The van der Waals surface area contributed by atoms with Gasteiger partial charge in [-0.15, -0.1) is 0 Å². The van der Waals surface area contributed by atoms with Crippen molar-refractivity contribution in [3.05, 3.63) is 131 Å². The van der Waals surface area contributed by atoms with Crippen molar-refractivity contribution in [2.75, 3.05) is 37.5 Å². The Morgan fingerprint density at radius 3 is 2.10 bits per heavy atom. The van der Waals surface area contributed by atoms with Crippen molar-refractivity contribution in [3.63, 3.8) is 0 Å². The zero-order valence-electron chi connectivity index (χ0n) is 22.2. The molecule has 0 saturated heterocycles. The van der Waals surface area contributed by atoms with Crippen LogP contribution in [0, 0.1) is 0 Å². The lowest BCUT2D eigenvalue weighted by Gasteiger charge is -2.32. The van der Waals surface area contributed by atoms with Gasteiger partial charge in [-0.05, 0) is 62.0 Å². The van der Waals surface area contributed by atoms with Gasteiger partial charge in [0.05, 0.1) is 17.9 Å². The molecule has 2 N–H and O–H groups in total. The van der Waals surface area contributed by atoms with E-state index in [2.05, 4.69) is 20.4 Å². The standard InChI is InChI=1S/C33H32N4O2/c1-36(2)23-37(27-16-10-5-11-17-27)31(25-14-8-4-9-15-25)30-28-22-26(18-19-29(28)35-33(30)39)32(38)34-21-20-24-12-6-3-7-13-24/h3-19,22H,20-21,23H2,1-2H3,(H,34,38)(H,35,39)/b31-30-. The van der Waals surface area contributed by atoms with Crippen LogP contribution in [0.3, 0.4) is 0 Å². The first-order valence-electron chi connectivity index (χ1n) is 13.1. The highest BCUT2D eigenvalue weighted by Gasteiger charge is 2.32. The van der Waals surface area contributed by atoms with Gasteiger partial charge in [-0.25, -0.2) is 0 Å². The summed E-state index contributed by atoms with van der Waals surface area (Å²) >= 11 is 0. The number of rotatable bonds is 9. The monoisotopic (exact) mass is 516 g/mol. The highest BCUT2D eigenvalue weighted by molar-refractivity contribution is 6.37. The number of carbonyl (C=O) groups is 2. The number of anilines is 2. The van der Waals surface area contributed by atoms with E-state index >= 15 is 0 Å². The van der Waals surface area contributed by atoms with Crippen molar-refractivity contribution in [1.29, 1.82) is 0 Å². The molecule has 1 aliphatic rings. The van der Waals surface area contributed by atoms with E-state index in [1.165, 1.54) is 5.56 Å². The molecule has 0 aliphatic carbocycles. The second kappa shape index (κ2) is 11.8. The van der Waals surface area contributed by atoms with Gasteiger partial charge in [0.2, 0.25) is 0 Å². The maximum absolute atomic E-state index is 13.6. The molecule has 2 amide bonds. The van der Waals surface area contributed by atoms with Crippen LogP contribution >= 0.6 is 0 Å². The van der Waals surface area contributed by atoms with E-state index in [1.807, 2.05) is 117 Å². The minimum Gasteiger partial charge on any atom is -0.352 e. The maximum atomic E-state index is 13.6. The molecule has 5 rings (SSSR count). The summed E-state index contributed by atoms with van der Waals surface area (Å²) in [4.78, 5) is 30.9. The van der Waals surface area contributed by atoms with E-state index in [9.17, 15) is 9.59 Å². The third kappa shape index (κ3) is 5.92. The van der Waals surface area contributed by atoms with E-state index in [-0.39, 0.29) is 11.8 Å². The van der Waals surface area contributed by atoms with Gasteiger partial charge in [-0.1, -0.05) is 78.9 Å². The van der Waals surface area contributed by atoms with Crippen LogP contribution in [0.4, 0.5) is 11.4 Å². The zero-order valence-corrected chi connectivity index (χ0v) is 22.2. The lowest BCUT2D eigenvalue weighted by Crippen LogP contribution is -2.33. The molecule has 1 heterocycles. The molecule has 0 radical (unpaired) electrons. The van der Waals surface area contributed by atoms with Crippen molar-refractivity contribution in [2.24, 2.45) is 0 Å². The van der Waals surface area contributed by atoms with Gasteiger partial charge in [0.25, 0.3) is 11.8 Å². The lowest BCUT2D eigenvalue weighted by molar-refractivity contribution is -0.110. The van der Waals surface area contributed by atoms with Gasteiger partial charge >= 0.3 is 0 Å². The lowest BCUT2D eigenvalue weighted by atomic mass is 9.97. The smallest absolute Gasteiger partial charge is 0.258 e. The van der Waals surface area contributed by atoms with Crippen LogP contribution in [-0.2, 0) is 11.2 Å². The predicted octanol–water partition coefficient (Wildman–Crippen LogP) is 5.51. The van der Waals surface area contributed by atoms with Crippen molar-refractivity contribution < 1.29 is 9.59 Å². The summed E-state index contributed by atoms with van der Waals surface area (Å²) in [5, 5.41) is 6.04. The average Bonchev–Trinajstić information content (AvgIpc) is 3.29. The quantitative estimate of drug-likeness (QED) is 0.228. The predicted molar refractivity (Wildman–Crippen MR) is 158 cm³/mol. The number of amides is 2. The van der Waals surface area contributed by atoms with Crippen LogP contribution in [0.15, 0.2) is 109 Å². The van der Waals surface area contributed by atoms with E-state index in [4.69, 9.17) is 0 Å². The number of nitrogens with one attached hydrogen (secondary N) is 2. The molecule has 0 spiro atoms. The minimum absolute atomic E-state index is 0.165. The summed E-state index contributed by atoms with van der Waals surface area (Å²) in [6.45, 7) is 1.08. The van der Waals surface area contributed by atoms with E-state index in [1.54, 1.807) is 6.07 Å². The third-order valence-electron chi connectivity index (χ3n) is 6.61. The fourth-order valence-electron chi connectivity index (χ4n) is 4.81. The van der Waals surface area contributed by atoms with Gasteiger partial charge in [0, 0.05) is 29.0 Å². The van der Waals surface area contributed by atoms with Crippen LogP contribution < -0.4 is 15.5 Å². The molecule has 0 unspecified atom stereocenters. The van der Waals surface area contributed by atoms with Gasteiger partial charge in [0.1, 0.15) is 0 Å². The van der Waals surface area contributed by atoms with Gasteiger partial charge < -0.3 is 15.5 Å². The minimum atomic E-state index is -0.190. The summed E-state index contributed by atoms with van der Waals surface area (Å²) in [5.41, 5.74) is 6.31. The van der Waals surface area contributed by atoms with E-state index < -0.39 is 0 Å². The topological polar surface area (TPSA) is 64.7 Å². The summed E-state index contributed by atoms with van der Waals surface area (Å²) in [7, 11) is 4.01. The summed E-state index contributed by atoms with van der Waals surface area (Å²) in [6, 6.07) is 35.4. The maximum Gasteiger partial charge on any atom is 0.258 e. The normalized spacial score (nSPS) is 13.6. The number of hydrogen-bond donors (Lipinski definition) is 2. The molecule has 6 heteroatoms. The Kier molecular flexibility index (Phi) is 7.85. The second-order valence-electron chi connectivity index (χ2n) is 9.78. The van der Waals surface area contributed by atoms with Gasteiger partial charge in [-0.2, -0.15) is 0 Å². The first kappa shape index (κ1) is 25.9. The Morgan fingerprint density at radius 2 is 1.44 bits per heavy atom. The van der Waals surface area contributed by atoms with Gasteiger partial charge in [-0.3, -0.25) is 14.5 Å². The summed E-state index contributed by atoms with van der Waals surface area (Å²) in [5.74, 6) is -0.355. The first-order valence-corrected chi connectivity index (χ1v) is 13.1. The molecule has 39 heavy (non-hydrogen) atoms. The molecule has 0 fully saturated rings. The first-order chi connectivity index (χ1) is 19.0. The Bertz CT molecular complexity index is 1480. The molecule has 0 atom stereocenters. The van der Waals surface area contributed by atoms with Crippen molar-refractivity contribution >= 4 is 34.5 Å².